The summed E-state index contributed by atoms with van der Waals surface area (Å²) in [5.74, 6) is -0.835. The van der Waals surface area contributed by atoms with Crippen LogP contribution in [0.15, 0.2) is 12.3 Å². The maximum atomic E-state index is 13.0. The van der Waals surface area contributed by atoms with Crippen LogP contribution in [-0.4, -0.2) is 82.8 Å². The van der Waals surface area contributed by atoms with Gasteiger partial charge in [0.1, 0.15) is 5.82 Å². The molecule has 3 aliphatic rings. The maximum absolute atomic E-state index is 13.0. The van der Waals surface area contributed by atoms with Gasteiger partial charge in [-0.1, -0.05) is 0 Å². The number of carbonyl (C=O) groups excluding carboxylic acids is 1. The summed E-state index contributed by atoms with van der Waals surface area (Å²) in [6.45, 7) is 2.87. The lowest BCUT2D eigenvalue weighted by Gasteiger charge is -2.42. The van der Waals surface area contributed by atoms with Crippen molar-refractivity contribution in [2.75, 3.05) is 51.2 Å². The molecule has 0 radical (unpaired) electrons. The van der Waals surface area contributed by atoms with E-state index in [9.17, 15) is 18.0 Å². The van der Waals surface area contributed by atoms with Crippen LogP contribution in [0.25, 0.3) is 5.65 Å². The molecule has 5 rings (SSSR count). The van der Waals surface area contributed by atoms with Crippen LogP contribution in [0.1, 0.15) is 17.7 Å². The summed E-state index contributed by atoms with van der Waals surface area (Å²) >= 11 is 0. The third-order valence-electron chi connectivity index (χ3n) is 6.66. The summed E-state index contributed by atoms with van der Waals surface area (Å²) in [6.07, 6.45) is -0.776. The van der Waals surface area contributed by atoms with E-state index in [0.717, 1.165) is 43.1 Å². The molecule has 30 heavy (non-hydrogen) atoms. The van der Waals surface area contributed by atoms with Crippen molar-refractivity contribution in [1.29, 1.82) is 0 Å². The van der Waals surface area contributed by atoms with Gasteiger partial charge >= 0.3 is 6.18 Å². The number of alkyl halides is 3. The summed E-state index contributed by atoms with van der Waals surface area (Å²) in [4.78, 5) is 23.4. The molecule has 2 aromatic heterocycles. The maximum Gasteiger partial charge on any atom is 0.393 e. The van der Waals surface area contributed by atoms with E-state index in [-0.39, 0.29) is 31.3 Å². The van der Waals surface area contributed by atoms with E-state index < -0.39 is 12.1 Å². The van der Waals surface area contributed by atoms with Crippen molar-refractivity contribution in [3.63, 3.8) is 0 Å². The second kappa shape index (κ2) is 7.11. The summed E-state index contributed by atoms with van der Waals surface area (Å²) in [6, 6.07) is 1.88. The highest BCUT2D eigenvalue weighted by molar-refractivity contribution is 5.82. The summed E-state index contributed by atoms with van der Waals surface area (Å²) in [5, 5.41) is 4.44. The van der Waals surface area contributed by atoms with Crippen LogP contribution in [0.3, 0.4) is 0 Å². The molecular formula is C20H25F3N6O. The van der Waals surface area contributed by atoms with Crippen molar-refractivity contribution in [3.8, 4) is 0 Å². The number of fused-ring (bicyclic) bond motifs is 2. The molecule has 1 amide bonds. The fraction of sp³-hybridized carbons (Fsp3) is 0.650. The third-order valence-corrected chi connectivity index (χ3v) is 6.66. The Morgan fingerprint density at radius 2 is 1.90 bits per heavy atom. The van der Waals surface area contributed by atoms with Crippen LogP contribution in [0.4, 0.5) is 19.0 Å². The molecule has 0 N–H and O–H groups in total. The van der Waals surface area contributed by atoms with E-state index >= 15 is 0 Å². The Balaban J connectivity index is 1.34. The average molecular weight is 422 g/mol. The van der Waals surface area contributed by atoms with E-state index in [1.165, 1.54) is 10.5 Å². The lowest BCUT2D eigenvalue weighted by molar-refractivity contribution is -0.171. The smallest absolute Gasteiger partial charge is 0.354 e. The molecule has 2 saturated heterocycles. The quantitative estimate of drug-likeness (QED) is 0.736. The van der Waals surface area contributed by atoms with Crippen LogP contribution in [-0.2, 0) is 17.6 Å². The molecule has 0 aliphatic carbocycles. The Hall–Kier alpha value is -2.36. The number of likely N-dealkylation sites (N-methyl/N-ethyl adjacent to an activating group) is 1. The molecule has 10 heteroatoms. The molecule has 0 bridgehead atoms. The van der Waals surface area contributed by atoms with Gasteiger partial charge in [0, 0.05) is 57.3 Å². The number of nitrogens with zero attached hydrogens (tertiary/aromatic N) is 6. The molecule has 2 aromatic rings. The van der Waals surface area contributed by atoms with Gasteiger partial charge in [-0.15, -0.1) is 0 Å². The van der Waals surface area contributed by atoms with Gasteiger partial charge in [-0.05, 0) is 19.9 Å². The monoisotopic (exact) mass is 422 g/mol. The number of aromatic nitrogens is 3. The van der Waals surface area contributed by atoms with E-state index in [1.807, 2.05) is 10.6 Å². The number of hydrogen-bond acceptors (Lipinski definition) is 5. The van der Waals surface area contributed by atoms with Gasteiger partial charge in [0.15, 0.2) is 5.65 Å². The molecule has 3 aliphatic heterocycles. The number of hydrogen-bond donors (Lipinski definition) is 0. The molecule has 7 nitrogen and oxygen atoms in total. The minimum Gasteiger partial charge on any atom is -0.354 e. The van der Waals surface area contributed by atoms with Crippen molar-refractivity contribution < 1.29 is 18.0 Å². The zero-order valence-electron chi connectivity index (χ0n) is 16.9. The lowest BCUT2D eigenvalue weighted by atomic mass is 9.96. The molecule has 162 valence electrons. The van der Waals surface area contributed by atoms with Gasteiger partial charge in [-0.25, -0.2) is 4.98 Å². The number of likely N-dealkylation sites (tertiary alicyclic amines) is 1. The Morgan fingerprint density at radius 3 is 2.63 bits per heavy atom. The second-order valence-corrected chi connectivity index (χ2v) is 8.68. The van der Waals surface area contributed by atoms with Crippen molar-refractivity contribution in [2.24, 2.45) is 11.8 Å². The average Bonchev–Trinajstić information content (AvgIpc) is 3.29. The van der Waals surface area contributed by atoms with Gasteiger partial charge in [0.25, 0.3) is 0 Å². The third kappa shape index (κ3) is 3.30. The van der Waals surface area contributed by atoms with Gasteiger partial charge < -0.3 is 14.7 Å². The van der Waals surface area contributed by atoms with Crippen LogP contribution < -0.4 is 4.90 Å². The highest BCUT2D eigenvalue weighted by atomic mass is 19.4. The minimum atomic E-state index is -4.23. The molecule has 2 fully saturated rings. The summed E-state index contributed by atoms with van der Waals surface area (Å²) in [5.41, 5.74) is 3.03. The van der Waals surface area contributed by atoms with Gasteiger partial charge in [-0.3, -0.25) is 4.79 Å². The Morgan fingerprint density at radius 1 is 1.13 bits per heavy atom. The molecular weight excluding hydrogens is 397 g/mol. The van der Waals surface area contributed by atoms with E-state index in [4.69, 9.17) is 4.98 Å². The first-order chi connectivity index (χ1) is 14.3. The number of anilines is 1. The van der Waals surface area contributed by atoms with Crippen LogP contribution in [0, 0.1) is 11.8 Å². The van der Waals surface area contributed by atoms with Gasteiger partial charge in [0.2, 0.25) is 5.91 Å². The molecule has 0 aromatic carbocycles. The van der Waals surface area contributed by atoms with Gasteiger partial charge in [0.05, 0.1) is 23.7 Å². The molecule has 0 spiro atoms. The highest BCUT2D eigenvalue weighted by Crippen LogP contribution is 2.36. The zero-order valence-corrected chi connectivity index (χ0v) is 16.9. The first-order valence-electron chi connectivity index (χ1n) is 10.5. The first kappa shape index (κ1) is 19.6. The Kier molecular flexibility index (Phi) is 4.64. The van der Waals surface area contributed by atoms with E-state index in [0.29, 0.717) is 13.1 Å². The van der Waals surface area contributed by atoms with Crippen molar-refractivity contribution in [1.82, 2.24) is 24.4 Å². The second-order valence-electron chi connectivity index (χ2n) is 8.68. The zero-order chi connectivity index (χ0) is 21.0. The van der Waals surface area contributed by atoms with E-state index in [1.54, 1.807) is 6.20 Å². The van der Waals surface area contributed by atoms with Gasteiger partial charge in [-0.2, -0.15) is 22.8 Å². The number of amides is 1. The fourth-order valence-corrected chi connectivity index (χ4v) is 4.80. The number of rotatable bonds is 2. The molecule has 1 unspecified atom stereocenters. The topological polar surface area (TPSA) is 57.0 Å². The summed E-state index contributed by atoms with van der Waals surface area (Å²) < 4.78 is 40.7. The molecule has 0 saturated carbocycles. The predicted molar refractivity (Wildman–Crippen MR) is 104 cm³/mol. The minimum absolute atomic E-state index is 0.00492. The van der Waals surface area contributed by atoms with Crippen molar-refractivity contribution in [2.45, 2.75) is 25.4 Å². The number of halogens is 3. The lowest BCUT2D eigenvalue weighted by Crippen LogP contribution is -2.55. The fourth-order valence-electron chi connectivity index (χ4n) is 4.80. The SMILES string of the molecule is CN1CCc2nc3ccnn3c(N3CC(C(=O)N4CCC(C(F)(F)F)C4)C3)c2CC1. The molecule has 1 atom stereocenters. The Labute approximate surface area is 172 Å². The number of carbonyl (C=O) groups is 1. The normalized spacial score (nSPS) is 23.5. The van der Waals surface area contributed by atoms with Crippen molar-refractivity contribution in [3.05, 3.63) is 23.5 Å². The Bertz CT molecular complexity index is 967. The first-order valence-corrected chi connectivity index (χ1v) is 10.5. The van der Waals surface area contributed by atoms with Crippen molar-refractivity contribution >= 4 is 17.4 Å². The van der Waals surface area contributed by atoms with Crippen LogP contribution >= 0.6 is 0 Å². The van der Waals surface area contributed by atoms with E-state index in [2.05, 4.69) is 21.9 Å². The standard InChI is InChI=1S/C20H25F3N6O/c1-26-7-4-15-16(5-8-26)25-17-2-6-24-29(17)18(15)28-10-13(11-28)19(30)27-9-3-14(12-27)20(21,22)23/h2,6,13-14H,3-5,7-12H2,1H3. The highest BCUT2D eigenvalue weighted by Gasteiger charge is 2.47. The van der Waals surface area contributed by atoms with Crippen LogP contribution in [0.5, 0.6) is 0 Å². The summed E-state index contributed by atoms with van der Waals surface area (Å²) in [7, 11) is 2.10. The van der Waals surface area contributed by atoms with Crippen LogP contribution in [0.2, 0.25) is 0 Å². The largest absolute Gasteiger partial charge is 0.393 e. The predicted octanol–water partition coefficient (Wildman–Crippen LogP) is 1.61. The molecule has 5 heterocycles.